The zero-order chi connectivity index (χ0) is 15.6. The minimum Gasteiger partial charge on any atom is -0.307 e. The highest BCUT2D eigenvalue weighted by Gasteiger charge is 2.18. The Labute approximate surface area is 134 Å². The second kappa shape index (κ2) is 6.71. The predicted octanol–water partition coefficient (Wildman–Crippen LogP) is 5.21. The Morgan fingerprint density at radius 1 is 1.10 bits per heavy atom. The number of nitrogens with one attached hydrogen (secondary N) is 1. The number of hydrogen-bond acceptors (Lipinski definition) is 1. The van der Waals surface area contributed by atoms with E-state index in [1.54, 1.807) is 0 Å². The standard InChI is InChI=1S/C18H21BrFN/c1-5-21-18(14-6-7-16(20)15(19)10-14)17-12(3)8-11(2)9-13(17)4/h6-10,18,21H,5H2,1-4H3. The summed E-state index contributed by atoms with van der Waals surface area (Å²) in [7, 11) is 0. The van der Waals surface area contributed by atoms with Crippen LogP contribution >= 0.6 is 15.9 Å². The molecule has 0 fully saturated rings. The molecule has 0 aromatic heterocycles. The van der Waals surface area contributed by atoms with E-state index in [4.69, 9.17) is 0 Å². The van der Waals surface area contributed by atoms with Gasteiger partial charge in [-0.1, -0.05) is 30.7 Å². The molecular formula is C18H21BrFN. The summed E-state index contributed by atoms with van der Waals surface area (Å²) in [4.78, 5) is 0. The third-order valence-corrected chi connectivity index (χ3v) is 4.32. The quantitative estimate of drug-likeness (QED) is 0.798. The highest BCUT2D eigenvalue weighted by molar-refractivity contribution is 9.10. The number of hydrogen-bond donors (Lipinski definition) is 1. The molecule has 21 heavy (non-hydrogen) atoms. The van der Waals surface area contributed by atoms with E-state index in [0.717, 1.165) is 12.1 Å². The molecule has 0 amide bonds. The van der Waals surface area contributed by atoms with E-state index in [9.17, 15) is 4.39 Å². The van der Waals surface area contributed by atoms with Crippen LogP contribution in [0.2, 0.25) is 0 Å². The summed E-state index contributed by atoms with van der Waals surface area (Å²) < 4.78 is 14.0. The van der Waals surface area contributed by atoms with Crippen molar-refractivity contribution < 1.29 is 4.39 Å². The molecule has 2 aromatic carbocycles. The molecule has 112 valence electrons. The number of halogens is 2. The van der Waals surface area contributed by atoms with E-state index in [0.29, 0.717) is 4.47 Å². The Morgan fingerprint density at radius 2 is 1.71 bits per heavy atom. The van der Waals surface area contributed by atoms with Gasteiger partial charge in [-0.2, -0.15) is 0 Å². The van der Waals surface area contributed by atoms with Crippen LogP contribution in [0.4, 0.5) is 4.39 Å². The highest BCUT2D eigenvalue weighted by atomic mass is 79.9. The third kappa shape index (κ3) is 3.53. The molecule has 0 saturated heterocycles. The molecule has 1 N–H and O–H groups in total. The first-order chi connectivity index (χ1) is 9.93. The fourth-order valence-electron chi connectivity index (χ4n) is 2.93. The average Bonchev–Trinajstić information content (AvgIpc) is 2.40. The Morgan fingerprint density at radius 3 is 2.24 bits per heavy atom. The summed E-state index contributed by atoms with van der Waals surface area (Å²) in [5, 5.41) is 3.52. The van der Waals surface area contributed by atoms with Crippen molar-refractivity contribution in [3.63, 3.8) is 0 Å². The largest absolute Gasteiger partial charge is 0.307 e. The van der Waals surface area contributed by atoms with Gasteiger partial charge in [0, 0.05) is 0 Å². The van der Waals surface area contributed by atoms with E-state index in [1.807, 2.05) is 12.1 Å². The molecule has 0 aliphatic rings. The van der Waals surface area contributed by atoms with Gasteiger partial charge < -0.3 is 5.32 Å². The lowest BCUT2D eigenvalue weighted by molar-refractivity contribution is 0.606. The summed E-state index contributed by atoms with van der Waals surface area (Å²) in [6.07, 6.45) is 0. The first-order valence-electron chi connectivity index (χ1n) is 7.20. The predicted molar refractivity (Wildman–Crippen MR) is 90.3 cm³/mol. The number of rotatable bonds is 4. The summed E-state index contributed by atoms with van der Waals surface area (Å²) in [6.45, 7) is 9.33. The van der Waals surface area contributed by atoms with Crippen molar-refractivity contribution in [3.8, 4) is 0 Å². The fraction of sp³-hybridized carbons (Fsp3) is 0.333. The van der Waals surface area contributed by atoms with Gasteiger partial charge in [-0.05, 0) is 77.6 Å². The fourth-order valence-corrected chi connectivity index (χ4v) is 3.33. The van der Waals surface area contributed by atoms with E-state index in [1.165, 1.54) is 28.3 Å². The van der Waals surface area contributed by atoms with Crippen LogP contribution in [0.25, 0.3) is 0 Å². The van der Waals surface area contributed by atoms with Crippen molar-refractivity contribution in [2.45, 2.75) is 33.7 Å². The molecule has 0 aliphatic carbocycles. The van der Waals surface area contributed by atoms with Crippen LogP contribution in [-0.4, -0.2) is 6.54 Å². The molecule has 0 radical (unpaired) electrons. The van der Waals surface area contributed by atoms with Gasteiger partial charge >= 0.3 is 0 Å². The van der Waals surface area contributed by atoms with Gasteiger partial charge in [-0.3, -0.25) is 0 Å². The van der Waals surface area contributed by atoms with Gasteiger partial charge in [0.1, 0.15) is 5.82 Å². The van der Waals surface area contributed by atoms with Gasteiger partial charge in [-0.25, -0.2) is 4.39 Å². The minimum absolute atomic E-state index is 0.0764. The lowest BCUT2D eigenvalue weighted by atomic mass is 9.90. The van der Waals surface area contributed by atoms with Crippen molar-refractivity contribution in [2.24, 2.45) is 0 Å². The molecule has 1 unspecified atom stereocenters. The minimum atomic E-state index is -0.230. The van der Waals surface area contributed by atoms with Gasteiger partial charge in [0.15, 0.2) is 0 Å². The van der Waals surface area contributed by atoms with E-state index < -0.39 is 0 Å². The highest BCUT2D eigenvalue weighted by Crippen LogP contribution is 2.31. The van der Waals surface area contributed by atoms with Gasteiger partial charge in [-0.15, -0.1) is 0 Å². The number of aryl methyl sites for hydroxylation is 3. The van der Waals surface area contributed by atoms with Crippen molar-refractivity contribution in [1.82, 2.24) is 5.32 Å². The Balaban J connectivity index is 2.55. The van der Waals surface area contributed by atoms with Crippen molar-refractivity contribution >= 4 is 15.9 Å². The van der Waals surface area contributed by atoms with Crippen LogP contribution in [0.3, 0.4) is 0 Å². The Kier molecular flexibility index (Phi) is 5.17. The normalized spacial score (nSPS) is 12.5. The molecule has 1 atom stereocenters. The summed E-state index contributed by atoms with van der Waals surface area (Å²) in [5.41, 5.74) is 6.14. The molecule has 0 bridgehead atoms. The molecule has 1 nitrogen and oxygen atoms in total. The molecule has 0 aliphatic heterocycles. The molecular weight excluding hydrogens is 329 g/mol. The van der Waals surface area contributed by atoms with Crippen molar-refractivity contribution in [3.05, 3.63) is 68.4 Å². The Hall–Kier alpha value is -1.19. The third-order valence-electron chi connectivity index (χ3n) is 3.71. The van der Waals surface area contributed by atoms with Gasteiger partial charge in [0.05, 0.1) is 10.5 Å². The molecule has 0 spiro atoms. The molecule has 2 rings (SSSR count). The molecule has 3 heteroatoms. The number of benzene rings is 2. The summed E-state index contributed by atoms with van der Waals surface area (Å²) in [6, 6.07) is 9.71. The zero-order valence-electron chi connectivity index (χ0n) is 12.9. The Bertz CT molecular complexity index is 629. The van der Waals surface area contributed by atoms with Gasteiger partial charge in [0.25, 0.3) is 0 Å². The van der Waals surface area contributed by atoms with Crippen LogP contribution in [-0.2, 0) is 0 Å². The maximum absolute atomic E-state index is 13.5. The lowest BCUT2D eigenvalue weighted by Gasteiger charge is -2.24. The van der Waals surface area contributed by atoms with Crippen LogP contribution in [0.1, 0.15) is 40.8 Å². The van der Waals surface area contributed by atoms with E-state index in [2.05, 4.69) is 61.1 Å². The zero-order valence-corrected chi connectivity index (χ0v) is 14.5. The summed E-state index contributed by atoms with van der Waals surface area (Å²) >= 11 is 3.28. The van der Waals surface area contributed by atoms with Crippen molar-refractivity contribution in [1.29, 1.82) is 0 Å². The molecule has 0 saturated carbocycles. The first kappa shape index (κ1) is 16.2. The van der Waals surface area contributed by atoms with Crippen LogP contribution in [0.5, 0.6) is 0 Å². The van der Waals surface area contributed by atoms with E-state index >= 15 is 0 Å². The molecule has 0 heterocycles. The summed E-state index contributed by atoms with van der Waals surface area (Å²) in [5.74, 6) is -0.230. The topological polar surface area (TPSA) is 12.0 Å². The van der Waals surface area contributed by atoms with Crippen molar-refractivity contribution in [2.75, 3.05) is 6.54 Å². The second-order valence-electron chi connectivity index (χ2n) is 5.48. The first-order valence-corrected chi connectivity index (χ1v) is 7.99. The monoisotopic (exact) mass is 349 g/mol. The maximum Gasteiger partial charge on any atom is 0.137 e. The second-order valence-corrected chi connectivity index (χ2v) is 6.33. The van der Waals surface area contributed by atoms with E-state index in [-0.39, 0.29) is 11.9 Å². The SMILES string of the molecule is CCNC(c1ccc(F)c(Br)c1)c1c(C)cc(C)cc1C. The van der Waals surface area contributed by atoms with Gasteiger partial charge in [0.2, 0.25) is 0 Å². The molecule has 2 aromatic rings. The van der Waals surface area contributed by atoms with Crippen LogP contribution < -0.4 is 5.32 Å². The average molecular weight is 350 g/mol. The smallest absolute Gasteiger partial charge is 0.137 e. The van der Waals surface area contributed by atoms with Crippen LogP contribution in [0.15, 0.2) is 34.8 Å². The van der Waals surface area contributed by atoms with Crippen LogP contribution in [0, 0.1) is 26.6 Å². The lowest BCUT2D eigenvalue weighted by Crippen LogP contribution is -2.24. The maximum atomic E-state index is 13.5.